The van der Waals surface area contributed by atoms with Gasteiger partial charge in [0.25, 0.3) is 0 Å². The third kappa shape index (κ3) is 2.07. The van der Waals surface area contributed by atoms with Gasteiger partial charge < -0.3 is 4.90 Å². The lowest BCUT2D eigenvalue weighted by molar-refractivity contribution is -0.942. The molecule has 0 saturated carbocycles. The third-order valence-electron chi connectivity index (χ3n) is 2.88. The van der Waals surface area contributed by atoms with Crippen LogP contribution in [0, 0.1) is 5.92 Å². The minimum absolute atomic E-state index is 0.232. The van der Waals surface area contributed by atoms with E-state index >= 15 is 0 Å². The first-order valence-electron chi connectivity index (χ1n) is 4.79. The molecule has 0 aromatic carbocycles. The Labute approximate surface area is 74.9 Å². The number of hydrogen-bond acceptors (Lipinski definition) is 1. The summed E-state index contributed by atoms with van der Waals surface area (Å²) in [5.74, 6) is 0.738. The lowest BCUT2D eigenvalue weighted by Crippen LogP contribution is -3.20. The van der Waals surface area contributed by atoms with Crippen molar-refractivity contribution in [1.29, 1.82) is 0 Å². The Hall–Kier alpha value is -0.370. The smallest absolute Gasteiger partial charge is 0.189 e. The Bertz CT molecular complexity index is 181. The Morgan fingerprint density at radius 1 is 1.42 bits per heavy atom. The summed E-state index contributed by atoms with van der Waals surface area (Å²) in [5.41, 5.74) is 0.232. The molecule has 1 N–H and O–H groups in total. The molecule has 70 valence electrons. The first kappa shape index (κ1) is 9.72. The number of carbonyl (C=O) groups excluding carboxylic acids is 1. The maximum atomic E-state index is 11.4. The Kier molecular flexibility index (Phi) is 2.57. The van der Waals surface area contributed by atoms with Crippen LogP contribution in [-0.4, -0.2) is 24.4 Å². The monoisotopic (exact) mass is 170 g/mol. The van der Waals surface area contributed by atoms with Crippen molar-refractivity contribution in [2.75, 3.05) is 13.1 Å². The largest absolute Gasteiger partial charge is 0.325 e. The summed E-state index contributed by atoms with van der Waals surface area (Å²) in [6, 6.07) is 0. The zero-order chi connectivity index (χ0) is 9.35. The number of rotatable bonds is 0. The number of hydrogen-bond donors (Lipinski definition) is 1. The van der Waals surface area contributed by atoms with Gasteiger partial charge in [-0.3, -0.25) is 4.79 Å². The number of ketones is 1. The quantitative estimate of drug-likeness (QED) is 0.554. The summed E-state index contributed by atoms with van der Waals surface area (Å²) in [6.07, 6.45) is 1.06. The summed E-state index contributed by atoms with van der Waals surface area (Å²) in [4.78, 5) is 12.9. The van der Waals surface area contributed by atoms with Gasteiger partial charge in [0.1, 0.15) is 6.54 Å². The molecule has 0 aromatic heterocycles. The average Bonchev–Trinajstić information content (AvgIpc) is 1.92. The molecule has 1 aliphatic rings. The Morgan fingerprint density at radius 3 is 2.42 bits per heavy atom. The van der Waals surface area contributed by atoms with E-state index in [1.807, 2.05) is 6.92 Å². The Morgan fingerprint density at radius 2 is 2.00 bits per heavy atom. The fraction of sp³-hybridized carbons (Fsp3) is 0.900. The van der Waals surface area contributed by atoms with Gasteiger partial charge in [0, 0.05) is 12.3 Å². The predicted molar refractivity (Wildman–Crippen MR) is 49.2 cm³/mol. The first-order chi connectivity index (χ1) is 5.41. The molecule has 0 radical (unpaired) electrons. The molecule has 1 aliphatic heterocycles. The molecule has 12 heavy (non-hydrogen) atoms. The highest BCUT2D eigenvalue weighted by molar-refractivity contribution is 5.81. The van der Waals surface area contributed by atoms with Gasteiger partial charge >= 0.3 is 0 Å². The molecular formula is C10H20NO+. The number of quaternary nitrogens is 1. The van der Waals surface area contributed by atoms with Crippen molar-refractivity contribution in [2.45, 2.75) is 39.7 Å². The van der Waals surface area contributed by atoms with Crippen LogP contribution < -0.4 is 4.90 Å². The van der Waals surface area contributed by atoms with Crippen molar-refractivity contribution in [1.82, 2.24) is 0 Å². The van der Waals surface area contributed by atoms with Crippen LogP contribution >= 0.6 is 0 Å². The van der Waals surface area contributed by atoms with E-state index < -0.39 is 0 Å². The van der Waals surface area contributed by atoms with E-state index in [9.17, 15) is 4.79 Å². The lowest BCUT2D eigenvalue weighted by atomic mass is 9.93. The zero-order valence-corrected chi connectivity index (χ0v) is 8.61. The van der Waals surface area contributed by atoms with Crippen molar-refractivity contribution >= 4 is 5.78 Å². The van der Waals surface area contributed by atoms with E-state index in [0.717, 1.165) is 19.5 Å². The molecule has 0 aromatic rings. The molecule has 0 aliphatic carbocycles. The van der Waals surface area contributed by atoms with Crippen molar-refractivity contribution in [3.8, 4) is 0 Å². The average molecular weight is 170 g/mol. The van der Waals surface area contributed by atoms with Gasteiger partial charge in [-0.25, -0.2) is 0 Å². The van der Waals surface area contributed by atoms with Crippen molar-refractivity contribution in [2.24, 2.45) is 5.92 Å². The third-order valence-corrected chi connectivity index (χ3v) is 2.88. The fourth-order valence-electron chi connectivity index (χ4n) is 1.66. The van der Waals surface area contributed by atoms with Crippen LogP contribution in [0.25, 0.3) is 0 Å². The molecule has 1 saturated heterocycles. The van der Waals surface area contributed by atoms with Gasteiger partial charge in [-0.2, -0.15) is 0 Å². The van der Waals surface area contributed by atoms with Gasteiger partial charge in [0.05, 0.1) is 12.1 Å². The first-order valence-corrected chi connectivity index (χ1v) is 4.79. The normalized spacial score (nSPS) is 32.2. The van der Waals surface area contributed by atoms with E-state index in [1.54, 1.807) is 0 Å². The van der Waals surface area contributed by atoms with Gasteiger partial charge in [-0.1, -0.05) is 6.92 Å². The summed E-state index contributed by atoms with van der Waals surface area (Å²) < 4.78 is 0. The second-order valence-corrected chi connectivity index (χ2v) is 4.94. The second kappa shape index (κ2) is 3.17. The molecule has 1 rings (SSSR count). The number of piperidine rings is 1. The standard InChI is InChI=1S/C10H19NO/c1-8-5-6-11(7-9(8)12)10(2,3)4/h8H,5-7H2,1-4H3/p+1/t8-/m1/s1. The van der Waals surface area contributed by atoms with Crippen LogP contribution in [0.2, 0.25) is 0 Å². The molecular weight excluding hydrogens is 150 g/mol. The maximum Gasteiger partial charge on any atom is 0.189 e. The van der Waals surface area contributed by atoms with E-state index in [1.165, 1.54) is 4.90 Å². The van der Waals surface area contributed by atoms with Crippen LogP contribution in [-0.2, 0) is 4.79 Å². The topological polar surface area (TPSA) is 21.5 Å². The van der Waals surface area contributed by atoms with Gasteiger partial charge in [0.2, 0.25) is 0 Å². The molecule has 2 nitrogen and oxygen atoms in total. The minimum Gasteiger partial charge on any atom is -0.325 e. The van der Waals surface area contributed by atoms with Gasteiger partial charge in [-0.05, 0) is 20.8 Å². The molecule has 2 heteroatoms. The maximum absolute atomic E-state index is 11.4. The van der Waals surface area contributed by atoms with Gasteiger partial charge in [0.15, 0.2) is 5.78 Å². The number of carbonyl (C=O) groups is 1. The molecule has 2 atom stereocenters. The predicted octanol–water partition coefficient (Wildman–Crippen LogP) is 0.279. The lowest BCUT2D eigenvalue weighted by Gasteiger charge is -2.36. The van der Waals surface area contributed by atoms with E-state index in [0.29, 0.717) is 11.7 Å². The summed E-state index contributed by atoms with van der Waals surface area (Å²) in [7, 11) is 0. The van der Waals surface area contributed by atoms with Crippen LogP contribution in [0.5, 0.6) is 0 Å². The zero-order valence-electron chi connectivity index (χ0n) is 8.61. The van der Waals surface area contributed by atoms with Crippen molar-refractivity contribution in [3.63, 3.8) is 0 Å². The molecule has 0 spiro atoms. The highest BCUT2D eigenvalue weighted by Gasteiger charge is 2.33. The fourth-order valence-corrected chi connectivity index (χ4v) is 1.66. The SMILES string of the molecule is C[C@@H]1CC[NH+](C(C)(C)C)CC1=O. The molecule has 1 fully saturated rings. The summed E-state index contributed by atoms with van der Waals surface area (Å²) in [6.45, 7) is 10.5. The minimum atomic E-state index is 0.232. The van der Waals surface area contributed by atoms with Crippen LogP contribution in [0.3, 0.4) is 0 Å². The second-order valence-electron chi connectivity index (χ2n) is 4.94. The van der Waals surface area contributed by atoms with Crippen molar-refractivity contribution in [3.05, 3.63) is 0 Å². The van der Waals surface area contributed by atoms with Crippen molar-refractivity contribution < 1.29 is 9.69 Å². The van der Waals surface area contributed by atoms with E-state index in [-0.39, 0.29) is 5.54 Å². The summed E-state index contributed by atoms with van der Waals surface area (Å²) in [5, 5.41) is 0. The van der Waals surface area contributed by atoms with Crippen LogP contribution in [0.15, 0.2) is 0 Å². The van der Waals surface area contributed by atoms with Crippen LogP contribution in [0.4, 0.5) is 0 Å². The number of likely N-dealkylation sites (tertiary alicyclic amines) is 1. The summed E-state index contributed by atoms with van der Waals surface area (Å²) >= 11 is 0. The number of Topliss-reactive ketones (excluding diaryl/α,β-unsaturated/α-hetero) is 1. The Balaban J connectivity index is 2.57. The van der Waals surface area contributed by atoms with E-state index in [4.69, 9.17) is 0 Å². The molecule has 0 bridgehead atoms. The number of nitrogens with one attached hydrogen (secondary N) is 1. The highest BCUT2D eigenvalue weighted by atomic mass is 16.1. The molecule has 1 heterocycles. The van der Waals surface area contributed by atoms with Gasteiger partial charge in [-0.15, -0.1) is 0 Å². The van der Waals surface area contributed by atoms with Crippen LogP contribution in [0.1, 0.15) is 34.1 Å². The highest BCUT2D eigenvalue weighted by Crippen LogP contribution is 2.06. The molecule has 1 unspecified atom stereocenters. The molecule has 0 amide bonds. The van der Waals surface area contributed by atoms with E-state index in [2.05, 4.69) is 20.8 Å².